The average molecular weight is 158 g/mol. The fraction of sp³-hybridized carbons (Fsp3) is 0.889. The summed E-state index contributed by atoms with van der Waals surface area (Å²) in [4.78, 5) is 11.0. The number of hydrogen-bond donors (Lipinski definition) is 0. The summed E-state index contributed by atoms with van der Waals surface area (Å²) in [6, 6.07) is 0. The number of Topliss-reactive ketones (excluding diaryl/α,β-unsaturated/α-hetero) is 1. The van der Waals surface area contributed by atoms with Gasteiger partial charge in [-0.25, -0.2) is 0 Å². The lowest BCUT2D eigenvalue weighted by Gasteiger charge is -2.22. The van der Waals surface area contributed by atoms with Crippen molar-refractivity contribution in [2.75, 3.05) is 6.61 Å². The molecule has 0 aromatic heterocycles. The van der Waals surface area contributed by atoms with Crippen molar-refractivity contribution in [2.24, 2.45) is 5.41 Å². The van der Waals surface area contributed by atoms with Gasteiger partial charge in [-0.2, -0.15) is 0 Å². The van der Waals surface area contributed by atoms with Gasteiger partial charge >= 0.3 is 0 Å². The van der Waals surface area contributed by atoms with E-state index in [1.165, 1.54) is 0 Å². The highest BCUT2D eigenvalue weighted by Crippen LogP contribution is 2.17. The Morgan fingerprint density at radius 3 is 2.18 bits per heavy atom. The third-order valence-electron chi connectivity index (χ3n) is 1.73. The Labute approximate surface area is 68.9 Å². The van der Waals surface area contributed by atoms with Crippen LogP contribution in [0.3, 0.4) is 0 Å². The molecule has 0 aliphatic heterocycles. The van der Waals surface area contributed by atoms with Gasteiger partial charge in [0.05, 0.1) is 12.7 Å². The summed E-state index contributed by atoms with van der Waals surface area (Å²) < 4.78 is 5.35. The molecule has 0 N–H and O–H groups in total. The second-order valence-corrected chi connectivity index (χ2v) is 3.80. The first-order chi connectivity index (χ1) is 4.86. The fourth-order valence-corrected chi connectivity index (χ4v) is 0.477. The standard InChI is InChI=1S/C9H18O2/c1-7(2)11-6-9(4,5)8(3)10/h7H,6H2,1-5H3. The number of rotatable bonds is 4. The van der Waals surface area contributed by atoms with Crippen LogP contribution in [0.2, 0.25) is 0 Å². The van der Waals surface area contributed by atoms with Gasteiger partial charge < -0.3 is 4.74 Å². The Morgan fingerprint density at radius 2 is 1.91 bits per heavy atom. The molecule has 0 saturated heterocycles. The summed E-state index contributed by atoms with van der Waals surface area (Å²) in [6.07, 6.45) is 0.202. The zero-order chi connectivity index (χ0) is 9.07. The van der Waals surface area contributed by atoms with Crippen LogP contribution < -0.4 is 0 Å². The van der Waals surface area contributed by atoms with Crippen molar-refractivity contribution in [1.29, 1.82) is 0 Å². The maximum atomic E-state index is 11.0. The zero-order valence-corrected chi connectivity index (χ0v) is 8.10. The lowest BCUT2D eigenvalue weighted by Crippen LogP contribution is -2.28. The van der Waals surface area contributed by atoms with E-state index in [9.17, 15) is 4.79 Å². The molecule has 0 rings (SSSR count). The Balaban J connectivity index is 3.83. The predicted molar refractivity (Wildman–Crippen MR) is 45.6 cm³/mol. The maximum Gasteiger partial charge on any atom is 0.137 e. The highest BCUT2D eigenvalue weighted by molar-refractivity contribution is 5.81. The largest absolute Gasteiger partial charge is 0.378 e. The summed E-state index contributed by atoms with van der Waals surface area (Å²) in [6.45, 7) is 9.85. The lowest BCUT2D eigenvalue weighted by molar-refractivity contribution is -0.128. The molecule has 2 nitrogen and oxygen atoms in total. The molecule has 0 aliphatic carbocycles. The van der Waals surface area contributed by atoms with Crippen molar-refractivity contribution < 1.29 is 9.53 Å². The zero-order valence-electron chi connectivity index (χ0n) is 8.10. The molecule has 0 unspecified atom stereocenters. The van der Waals surface area contributed by atoms with E-state index in [0.717, 1.165) is 0 Å². The van der Waals surface area contributed by atoms with E-state index in [2.05, 4.69) is 0 Å². The van der Waals surface area contributed by atoms with Crippen molar-refractivity contribution in [3.8, 4) is 0 Å². The summed E-state index contributed by atoms with van der Waals surface area (Å²) in [5.41, 5.74) is -0.329. The van der Waals surface area contributed by atoms with E-state index in [1.54, 1.807) is 6.92 Å². The normalized spacial score (nSPS) is 12.2. The quantitative estimate of drug-likeness (QED) is 0.625. The van der Waals surface area contributed by atoms with Gasteiger partial charge in [0.1, 0.15) is 5.78 Å². The molecule has 66 valence electrons. The molecule has 0 atom stereocenters. The molecule has 0 spiro atoms. The SMILES string of the molecule is CC(=O)C(C)(C)COC(C)C. The highest BCUT2D eigenvalue weighted by atomic mass is 16.5. The number of carbonyl (C=O) groups is 1. The van der Waals surface area contributed by atoms with Gasteiger partial charge in [-0.1, -0.05) is 13.8 Å². The van der Waals surface area contributed by atoms with Crippen molar-refractivity contribution in [3.05, 3.63) is 0 Å². The first kappa shape index (κ1) is 10.6. The second kappa shape index (κ2) is 3.86. The minimum Gasteiger partial charge on any atom is -0.378 e. The Hall–Kier alpha value is -0.370. The van der Waals surface area contributed by atoms with Crippen LogP contribution in [0.1, 0.15) is 34.6 Å². The summed E-state index contributed by atoms with van der Waals surface area (Å²) >= 11 is 0. The van der Waals surface area contributed by atoms with Crippen LogP contribution in [0.4, 0.5) is 0 Å². The second-order valence-electron chi connectivity index (χ2n) is 3.80. The summed E-state index contributed by atoms with van der Waals surface area (Å²) in [5, 5.41) is 0. The fourth-order valence-electron chi connectivity index (χ4n) is 0.477. The molecule has 11 heavy (non-hydrogen) atoms. The van der Waals surface area contributed by atoms with Crippen molar-refractivity contribution in [1.82, 2.24) is 0 Å². The number of ether oxygens (including phenoxy) is 1. The third kappa shape index (κ3) is 4.14. The van der Waals surface area contributed by atoms with Gasteiger partial charge in [-0.3, -0.25) is 4.79 Å². The van der Waals surface area contributed by atoms with Gasteiger partial charge in [0.25, 0.3) is 0 Å². The molecule has 0 amide bonds. The van der Waals surface area contributed by atoms with E-state index < -0.39 is 0 Å². The monoisotopic (exact) mass is 158 g/mol. The minimum absolute atomic E-state index is 0.179. The van der Waals surface area contributed by atoms with Crippen LogP contribution in [0.25, 0.3) is 0 Å². The average Bonchev–Trinajstić information content (AvgIpc) is 1.84. The highest BCUT2D eigenvalue weighted by Gasteiger charge is 2.23. The van der Waals surface area contributed by atoms with E-state index in [0.29, 0.717) is 6.61 Å². The molecule has 0 radical (unpaired) electrons. The molecule has 0 saturated carbocycles. The van der Waals surface area contributed by atoms with Crippen LogP contribution in [0.15, 0.2) is 0 Å². The molecule has 0 bridgehead atoms. The summed E-state index contributed by atoms with van der Waals surface area (Å²) in [5.74, 6) is 0.179. The number of carbonyl (C=O) groups excluding carboxylic acids is 1. The summed E-state index contributed by atoms with van der Waals surface area (Å²) in [7, 11) is 0. The lowest BCUT2D eigenvalue weighted by atomic mass is 9.90. The molecule has 0 heterocycles. The van der Waals surface area contributed by atoms with Gasteiger partial charge in [0.2, 0.25) is 0 Å². The molecule has 0 aromatic rings. The van der Waals surface area contributed by atoms with E-state index >= 15 is 0 Å². The number of hydrogen-bond acceptors (Lipinski definition) is 2. The first-order valence-electron chi connectivity index (χ1n) is 3.99. The predicted octanol–water partition coefficient (Wildman–Crippen LogP) is 2.03. The Kier molecular flexibility index (Phi) is 3.73. The number of ketones is 1. The Morgan fingerprint density at radius 1 is 1.45 bits per heavy atom. The minimum atomic E-state index is -0.329. The van der Waals surface area contributed by atoms with Crippen LogP contribution in [0.5, 0.6) is 0 Å². The molecular formula is C9H18O2. The molecule has 0 aliphatic rings. The molecule has 0 aromatic carbocycles. The first-order valence-corrected chi connectivity index (χ1v) is 3.99. The smallest absolute Gasteiger partial charge is 0.137 e. The molecular weight excluding hydrogens is 140 g/mol. The maximum absolute atomic E-state index is 11.0. The van der Waals surface area contributed by atoms with Gasteiger partial charge in [0.15, 0.2) is 0 Å². The third-order valence-corrected chi connectivity index (χ3v) is 1.73. The van der Waals surface area contributed by atoms with E-state index in [1.807, 2.05) is 27.7 Å². The molecule has 0 fully saturated rings. The topological polar surface area (TPSA) is 26.3 Å². The van der Waals surface area contributed by atoms with Crippen molar-refractivity contribution in [2.45, 2.75) is 40.7 Å². The van der Waals surface area contributed by atoms with Crippen molar-refractivity contribution in [3.63, 3.8) is 0 Å². The van der Waals surface area contributed by atoms with Crippen LogP contribution >= 0.6 is 0 Å². The van der Waals surface area contributed by atoms with Gasteiger partial charge in [-0.15, -0.1) is 0 Å². The van der Waals surface area contributed by atoms with E-state index in [-0.39, 0.29) is 17.3 Å². The molecule has 2 heteroatoms. The van der Waals surface area contributed by atoms with E-state index in [4.69, 9.17) is 4.74 Å². The van der Waals surface area contributed by atoms with Gasteiger partial charge in [0, 0.05) is 5.41 Å². The van der Waals surface area contributed by atoms with Crippen LogP contribution in [0, 0.1) is 5.41 Å². The van der Waals surface area contributed by atoms with Crippen LogP contribution in [-0.4, -0.2) is 18.5 Å². The van der Waals surface area contributed by atoms with Crippen LogP contribution in [-0.2, 0) is 9.53 Å². The van der Waals surface area contributed by atoms with Crippen molar-refractivity contribution >= 4 is 5.78 Å². The van der Waals surface area contributed by atoms with Gasteiger partial charge in [-0.05, 0) is 20.8 Å². The Bertz CT molecular complexity index is 136.